The van der Waals surface area contributed by atoms with E-state index < -0.39 is 23.4 Å². The van der Waals surface area contributed by atoms with Crippen molar-refractivity contribution in [1.29, 1.82) is 0 Å². The van der Waals surface area contributed by atoms with Crippen LogP contribution < -0.4 is 30.7 Å². The standard InChI is InChI=1S/C31H34ClN7O4/c1-38(30-35-23-16-25(43-3)24(42-2)15-22(23)27(33)37-30)18-31(19-8-5-4-6-9-19)12-13-39(21-11-7-10-20(32)14-21)26(17-31)36-28(34)29(40)41/h4-11,14-16,26H,12-13,17-18H2,1-3H3,(H2,34,36)(H,40,41)(H2,33,35,37). The maximum Gasteiger partial charge on any atom is 0.371 e. The number of piperidine rings is 1. The van der Waals surface area contributed by atoms with Crippen molar-refractivity contribution < 1.29 is 19.4 Å². The van der Waals surface area contributed by atoms with Crippen molar-refractivity contribution in [3.8, 4) is 11.5 Å². The molecule has 0 spiro atoms. The number of carboxylic acids is 1. The van der Waals surface area contributed by atoms with Crippen LogP contribution in [0.4, 0.5) is 17.5 Å². The monoisotopic (exact) mass is 603 g/mol. The topological polar surface area (TPSA) is 152 Å². The van der Waals surface area contributed by atoms with Crippen molar-refractivity contribution in [3.63, 3.8) is 0 Å². The first-order chi connectivity index (χ1) is 20.6. The molecule has 4 aromatic rings. The number of aromatic nitrogens is 2. The van der Waals surface area contributed by atoms with Crippen LogP contribution >= 0.6 is 11.6 Å². The molecule has 1 aromatic heterocycles. The number of nitrogens with zero attached hydrogens (tertiary/aromatic N) is 5. The molecule has 224 valence electrons. The SMILES string of the molecule is COc1cc2nc(N(C)CC3(c4ccccc4)CCN(c4cccc(Cl)c4)C(/N=C(\N)C(=O)O)C3)nc(N)c2cc1OC. The number of carbonyl (C=O) groups is 1. The van der Waals surface area contributed by atoms with Gasteiger partial charge in [-0.3, -0.25) is 0 Å². The van der Waals surface area contributed by atoms with Crippen molar-refractivity contribution in [3.05, 3.63) is 77.3 Å². The number of rotatable bonds is 8. The molecule has 3 aromatic carbocycles. The number of aliphatic imine (C=N–C) groups is 1. The number of aliphatic carboxylic acids is 1. The number of nitrogen functional groups attached to an aromatic ring is 1. The highest BCUT2D eigenvalue weighted by molar-refractivity contribution is 6.33. The fraction of sp³-hybridized carbons (Fsp3) is 0.290. The predicted molar refractivity (Wildman–Crippen MR) is 170 cm³/mol. The van der Waals surface area contributed by atoms with Crippen molar-refractivity contribution in [2.24, 2.45) is 10.7 Å². The maximum atomic E-state index is 11.7. The molecule has 0 aliphatic carbocycles. The van der Waals surface area contributed by atoms with E-state index in [1.54, 1.807) is 32.4 Å². The summed E-state index contributed by atoms with van der Waals surface area (Å²) in [5.41, 5.74) is 14.4. The Bertz CT molecular complexity index is 1670. The third kappa shape index (κ3) is 6.07. The molecule has 5 rings (SSSR count). The highest BCUT2D eigenvalue weighted by atomic mass is 35.5. The molecule has 2 atom stereocenters. The Balaban J connectivity index is 1.56. The number of hydrogen-bond acceptors (Lipinski definition) is 9. The molecular weight excluding hydrogens is 570 g/mol. The minimum Gasteiger partial charge on any atom is -0.493 e. The number of anilines is 3. The van der Waals surface area contributed by atoms with Crippen LogP contribution in [0.15, 0.2) is 71.7 Å². The molecule has 5 N–H and O–H groups in total. The lowest BCUT2D eigenvalue weighted by Crippen LogP contribution is -2.53. The number of halogens is 1. The Morgan fingerprint density at radius 1 is 1.12 bits per heavy atom. The quantitative estimate of drug-likeness (QED) is 0.196. The second-order valence-electron chi connectivity index (χ2n) is 10.6. The van der Waals surface area contributed by atoms with E-state index in [4.69, 9.17) is 37.5 Å². The van der Waals surface area contributed by atoms with Gasteiger partial charge >= 0.3 is 5.97 Å². The zero-order valence-corrected chi connectivity index (χ0v) is 25.0. The average molecular weight is 604 g/mol. The number of carboxylic acid groups (broad SMARTS) is 1. The van der Waals surface area contributed by atoms with E-state index >= 15 is 0 Å². The summed E-state index contributed by atoms with van der Waals surface area (Å²) in [5, 5.41) is 10.8. The van der Waals surface area contributed by atoms with E-state index in [2.05, 4.69) is 22.1 Å². The molecule has 2 unspecified atom stereocenters. The molecule has 1 fully saturated rings. The largest absolute Gasteiger partial charge is 0.493 e. The predicted octanol–water partition coefficient (Wildman–Crippen LogP) is 4.33. The second-order valence-corrected chi connectivity index (χ2v) is 11.0. The summed E-state index contributed by atoms with van der Waals surface area (Å²) in [4.78, 5) is 29.7. The van der Waals surface area contributed by atoms with Gasteiger partial charge < -0.3 is 35.8 Å². The summed E-state index contributed by atoms with van der Waals surface area (Å²) in [7, 11) is 5.04. The lowest BCUT2D eigenvalue weighted by atomic mass is 9.71. The summed E-state index contributed by atoms with van der Waals surface area (Å²) in [6.07, 6.45) is 0.618. The average Bonchev–Trinajstić information content (AvgIpc) is 3.00. The number of fused-ring (bicyclic) bond motifs is 1. The molecule has 12 heteroatoms. The number of nitrogens with two attached hydrogens (primary N) is 2. The van der Waals surface area contributed by atoms with E-state index in [0.29, 0.717) is 58.7 Å². The Labute approximate surface area is 254 Å². The summed E-state index contributed by atoms with van der Waals surface area (Å²) in [5.74, 6) is 0.0973. The lowest BCUT2D eigenvalue weighted by molar-refractivity contribution is -0.129. The normalized spacial score (nSPS) is 18.8. The highest BCUT2D eigenvalue weighted by Crippen LogP contribution is 2.42. The molecule has 1 saturated heterocycles. The highest BCUT2D eigenvalue weighted by Gasteiger charge is 2.43. The third-order valence-corrected chi connectivity index (χ3v) is 8.13. The van der Waals surface area contributed by atoms with E-state index in [0.717, 1.165) is 17.7 Å². The van der Waals surface area contributed by atoms with Crippen LogP contribution in [-0.4, -0.2) is 67.4 Å². The molecule has 0 amide bonds. The number of likely N-dealkylation sites (N-methyl/N-ethyl adjacent to an activating group) is 1. The number of benzene rings is 3. The third-order valence-electron chi connectivity index (χ3n) is 7.90. The van der Waals surface area contributed by atoms with Gasteiger partial charge in [0.2, 0.25) is 11.8 Å². The van der Waals surface area contributed by atoms with Gasteiger partial charge in [0, 0.05) is 47.7 Å². The van der Waals surface area contributed by atoms with Crippen molar-refractivity contribution in [2.45, 2.75) is 24.4 Å². The fourth-order valence-corrected chi connectivity index (χ4v) is 5.97. The van der Waals surface area contributed by atoms with E-state index in [9.17, 15) is 9.90 Å². The van der Waals surface area contributed by atoms with Crippen LogP contribution in [0, 0.1) is 0 Å². The minimum absolute atomic E-state index is 0.314. The van der Waals surface area contributed by atoms with Crippen LogP contribution in [0.2, 0.25) is 5.02 Å². The van der Waals surface area contributed by atoms with Crippen LogP contribution in [0.3, 0.4) is 0 Å². The number of amidine groups is 1. The van der Waals surface area contributed by atoms with Crippen LogP contribution in [0.25, 0.3) is 10.9 Å². The van der Waals surface area contributed by atoms with Gasteiger partial charge in [-0.2, -0.15) is 4.98 Å². The Morgan fingerprint density at radius 2 is 1.84 bits per heavy atom. The van der Waals surface area contributed by atoms with E-state index in [1.807, 2.05) is 53.2 Å². The first-order valence-corrected chi connectivity index (χ1v) is 14.1. The molecule has 1 aliphatic rings. The first kappa shape index (κ1) is 29.7. The second kappa shape index (κ2) is 12.2. The minimum atomic E-state index is -1.27. The van der Waals surface area contributed by atoms with Gasteiger partial charge in [0.1, 0.15) is 12.0 Å². The van der Waals surface area contributed by atoms with Crippen LogP contribution in [0.1, 0.15) is 18.4 Å². The van der Waals surface area contributed by atoms with Gasteiger partial charge in [-0.25, -0.2) is 14.8 Å². The summed E-state index contributed by atoms with van der Waals surface area (Å²) < 4.78 is 10.9. The lowest BCUT2D eigenvalue weighted by Gasteiger charge is -2.48. The number of hydrogen-bond donors (Lipinski definition) is 3. The molecule has 0 saturated carbocycles. The molecule has 0 bridgehead atoms. The Morgan fingerprint density at radius 3 is 2.51 bits per heavy atom. The molecule has 2 heterocycles. The van der Waals surface area contributed by atoms with Gasteiger partial charge in [-0.15, -0.1) is 0 Å². The van der Waals surface area contributed by atoms with Gasteiger partial charge in [-0.1, -0.05) is 48.0 Å². The van der Waals surface area contributed by atoms with E-state index in [1.165, 1.54) is 0 Å². The van der Waals surface area contributed by atoms with E-state index in [-0.39, 0.29) is 0 Å². The Kier molecular flexibility index (Phi) is 8.45. The number of methoxy groups -OCH3 is 2. The van der Waals surface area contributed by atoms with Gasteiger partial charge in [0.25, 0.3) is 0 Å². The van der Waals surface area contributed by atoms with Crippen LogP contribution in [-0.2, 0) is 10.2 Å². The summed E-state index contributed by atoms with van der Waals surface area (Å²) in [6.45, 7) is 1.07. The molecule has 11 nitrogen and oxygen atoms in total. The molecular formula is C31H34ClN7O4. The smallest absolute Gasteiger partial charge is 0.371 e. The summed E-state index contributed by atoms with van der Waals surface area (Å²) >= 11 is 6.32. The van der Waals surface area contributed by atoms with Crippen molar-refractivity contribution >= 4 is 51.8 Å². The molecule has 0 radical (unpaired) electrons. The van der Waals surface area contributed by atoms with Gasteiger partial charge in [-0.05, 0) is 42.7 Å². The van der Waals surface area contributed by atoms with Gasteiger partial charge in [0.05, 0.1) is 19.7 Å². The van der Waals surface area contributed by atoms with Crippen molar-refractivity contribution in [1.82, 2.24) is 9.97 Å². The first-order valence-electron chi connectivity index (χ1n) is 13.7. The number of ether oxygens (including phenoxy) is 2. The fourth-order valence-electron chi connectivity index (χ4n) is 5.78. The zero-order valence-electron chi connectivity index (χ0n) is 24.2. The molecule has 1 aliphatic heterocycles. The van der Waals surface area contributed by atoms with Crippen molar-refractivity contribution in [2.75, 3.05) is 49.9 Å². The summed E-state index contributed by atoms with van der Waals surface area (Å²) in [6, 6.07) is 21.1. The Hall–Kier alpha value is -4.77. The van der Waals surface area contributed by atoms with Gasteiger partial charge in [0.15, 0.2) is 11.5 Å². The van der Waals surface area contributed by atoms with Crippen LogP contribution in [0.5, 0.6) is 11.5 Å². The molecule has 43 heavy (non-hydrogen) atoms. The maximum absolute atomic E-state index is 11.7. The zero-order chi connectivity index (χ0) is 30.7.